The Morgan fingerprint density at radius 3 is 2.65 bits per heavy atom. The van der Waals surface area contributed by atoms with Crippen LogP contribution in [0.3, 0.4) is 0 Å². The van der Waals surface area contributed by atoms with E-state index in [-0.39, 0.29) is 11.9 Å². The summed E-state index contributed by atoms with van der Waals surface area (Å²) in [5.41, 5.74) is 2.95. The van der Waals surface area contributed by atoms with E-state index >= 15 is 0 Å². The number of carboxylic acid groups (broad SMARTS) is 1. The summed E-state index contributed by atoms with van der Waals surface area (Å²) in [7, 11) is 0. The number of carboxylic acids is 1. The van der Waals surface area contributed by atoms with Crippen molar-refractivity contribution in [1.29, 1.82) is 0 Å². The van der Waals surface area contributed by atoms with Gasteiger partial charge < -0.3 is 14.6 Å². The molecule has 2 aliphatic rings. The number of likely N-dealkylation sites (tertiary alicyclic amines) is 1. The van der Waals surface area contributed by atoms with Gasteiger partial charge in [-0.3, -0.25) is 4.90 Å². The number of hydrogen-bond donors (Lipinski definition) is 1. The van der Waals surface area contributed by atoms with Crippen LogP contribution in [-0.2, 0) is 16.1 Å². The van der Waals surface area contributed by atoms with Crippen molar-refractivity contribution < 1.29 is 19.4 Å². The predicted molar refractivity (Wildman–Crippen MR) is 149 cm³/mol. The number of hydrogen-bond acceptors (Lipinski definition) is 5. The highest BCUT2D eigenvalue weighted by Gasteiger charge is 2.18. The second-order valence-corrected chi connectivity index (χ2v) is 11.0. The van der Waals surface area contributed by atoms with E-state index in [9.17, 15) is 4.79 Å². The zero-order valence-corrected chi connectivity index (χ0v) is 22.6. The van der Waals surface area contributed by atoms with Crippen molar-refractivity contribution in [3.8, 4) is 17.6 Å². The zero-order chi connectivity index (χ0) is 26.0. The quantitative estimate of drug-likeness (QED) is 0.369. The molecule has 1 N–H and O–H groups in total. The number of rotatable bonds is 9. The highest BCUT2D eigenvalue weighted by molar-refractivity contribution is 8.00. The van der Waals surface area contributed by atoms with E-state index in [0.717, 1.165) is 53.4 Å². The van der Waals surface area contributed by atoms with Crippen LogP contribution in [0.15, 0.2) is 70.8 Å². The Kier molecular flexibility index (Phi) is 10.0. The fourth-order valence-electron chi connectivity index (χ4n) is 4.29. The first-order valence-corrected chi connectivity index (χ1v) is 13.8. The molecule has 0 spiro atoms. The van der Waals surface area contributed by atoms with E-state index in [1.165, 1.54) is 19.3 Å². The lowest BCUT2D eigenvalue weighted by atomic mass is 10.1. The Bertz CT molecular complexity index is 1210. The van der Waals surface area contributed by atoms with E-state index in [0.29, 0.717) is 17.4 Å². The molecule has 0 saturated carbocycles. The smallest absolute Gasteiger partial charge is 0.341 e. The van der Waals surface area contributed by atoms with Gasteiger partial charge in [0.1, 0.15) is 12.4 Å². The molecular formula is C30H32ClNO4S. The van der Waals surface area contributed by atoms with Crippen LogP contribution >= 0.6 is 23.4 Å². The Balaban J connectivity index is 1.45. The summed E-state index contributed by atoms with van der Waals surface area (Å²) in [6.45, 7) is 5.10. The predicted octanol–water partition coefficient (Wildman–Crippen LogP) is 6.49. The average molecular weight is 538 g/mol. The number of aryl methyl sites for hydroxylation is 1. The third kappa shape index (κ3) is 8.89. The maximum absolute atomic E-state index is 10.8. The number of ether oxygens (including phenoxy) is 2. The number of thioether (sulfide) groups is 1. The van der Waals surface area contributed by atoms with Crippen molar-refractivity contribution >= 4 is 29.3 Å². The molecule has 194 valence electrons. The van der Waals surface area contributed by atoms with Gasteiger partial charge in [-0.2, -0.15) is 0 Å². The second-order valence-electron chi connectivity index (χ2n) is 9.26. The zero-order valence-electron chi connectivity index (χ0n) is 21.0. The molecule has 1 atom stereocenters. The van der Waals surface area contributed by atoms with Crippen molar-refractivity contribution in [2.45, 2.75) is 49.4 Å². The number of piperidine rings is 1. The van der Waals surface area contributed by atoms with Gasteiger partial charge in [-0.1, -0.05) is 48.1 Å². The molecule has 1 fully saturated rings. The Hall–Kier alpha value is -2.85. The Morgan fingerprint density at radius 1 is 1.14 bits per heavy atom. The first kappa shape index (κ1) is 27.2. The lowest BCUT2D eigenvalue weighted by Crippen LogP contribution is -2.29. The molecule has 1 unspecified atom stereocenters. The Labute approximate surface area is 228 Å². The van der Waals surface area contributed by atoms with Crippen LogP contribution in [0.1, 0.15) is 36.8 Å². The van der Waals surface area contributed by atoms with Crippen molar-refractivity contribution in [2.24, 2.45) is 0 Å². The van der Waals surface area contributed by atoms with Crippen LogP contribution < -0.4 is 4.74 Å². The van der Waals surface area contributed by atoms with Gasteiger partial charge in [0.2, 0.25) is 0 Å². The van der Waals surface area contributed by atoms with Crippen LogP contribution in [0.2, 0.25) is 5.02 Å². The van der Waals surface area contributed by atoms with Crippen LogP contribution in [0.5, 0.6) is 5.75 Å². The van der Waals surface area contributed by atoms with E-state index in [1.807, 2.05) is 49.4 Å². The minimum Gasteiger partial charge on any atom is -0.493 e. The molecule has 0 radical (unpaired) electrons. The molecule has 2 aromatic rings. The topological polar surface area (TPSA) is 59.0 Å². The molecule has 1 aliphatic heterocycles. The van der Waals surface area contributed by atoms with Crippen LogP contribution in [0.4, 0.5) is 0 Å². The fourth-order valence-corrected chi connectivity index (χ4v) is 5.62. The molecule has 37 heavy (non-hydrogen) atoms. The third-order valence-electron chi connectivity index (χ3n) is 6.19. The van der Waals surface area contributed by atoms with Gasteiger partial charge >= 0.3 is 5.97 Å². The summed E-state index contributed by atoms with van der Waals surface area (Å²) < 4.78 is 11.6. The minimum atomic E-state index is -0.989. The van der Waals surface area contributed by atoms with Crippen LogP contribution in [0.25, 0.3) is 0 Å². The van der Waals surface area contributed by atoms with Crippen molar-refractivity contribution in [3.05, 3.63) is 82.1 Å². The molecule has 0 aromatic heterocycles. The van der Waals surface area contributed by atoms with Gasteiger partial charge in [0.25, 0.3) is 0 Å². The molecule has 1 heterocycles. The second kappa shape index (κ2) is 13.6. The van der Waals surface area contributed by atoms with Crippen molar-refractivity contribution in [3.63, 3.8) is 0 Å². The van der Waals surface area contributed by atoms with Gasteiger partial charge in [0.15, 0.2) is 6.61 Å². The number of carbonyl (C=O) groups is 1. The van der Waals surface area contributed by atoms with E-state index in [2.05, 4.69) is 28.9 Å². The SMILES string of the molecule is Cc1cc(SC2C=C(C#CCN3CCCCC3)C=C(OCc3ccc(Cl)cc3)C2)ccc1OCC(=O)O. The fraction of sp³-hybridized carbons (Fsp3) is 0.367. The standard InChI is InChI=1S/C30H32ClNO4S/c1-22-16-27(11-12-29(22)36-21-30(33)34)37-28-18-24(6-5-15-32-13-3-2-4-14-32)17-26(19-28)35-20-23-7-9-25(31)10-8-23/h7-12,16-18,28H,2-4,13-15,19-21H2,1H3,(H,33,34). The summed E-state index contributed by atoms with van der Waals surface area (Å²) in [6, 6.07) is 13.5. The molecule has 1 saturated heterocycles. The third-order valence-corrected chi connectivity index (χ3v) is 7.57. The highest BCUT2D eigenvalue weighted by Crippen LogP contribution is 2.35. The molecular weight excluding hydrogens is 506 g/mol. The monoisotopic (exact) mass is 537 g/mol. The normalized spacial score (nSPS) is 17.7. The highest BCUT2D eigenvalue weighted by atomic mass is 35.5. The molecule has 0 bridgehead atoms. The summed E-state index contributed by atoms with van der Waals surface area (Å²) in [5.74, 6) is 7.25. The maximum Gasteiger partial charge on any atom is 0.341 e. The van der Waals surface area contributed by atoms with Gasteiger partial charge in [-0.25, -0.2) is 4.79 Å². The summed E-state index contributed by atoms with van der Waals surface area (Å²) in [6.07, 6.45) is 8.86. The molecule has 7 heteroatoms. The first-order chi connectivity index (χ1) is 17.9. The minimum absolute atomic E-state index is 0.162. The first-order valence-electron chi connectivity index (χ1n) is 12.6. The van der Waals surface area contributed by atoms with Crippen LogP contribution in [0, 0.1) is 18.8 Å². The molecule has 5 nitrogen and oxygen atoms in total. The maximum atomic E-state index is 10.8. The molecule has 4 rings (SSSR count). The number of aliphatic carboxylic acids is 1. The largest absolute Gasteiger partial charge is 0.493 e. The van der Waals surface area contributed by atoms with Crippen LogP contribution in [-0.4, -0.2) is 47.5 Å². The summed E-state index contributed by atoms with van der Waals surface area (Å²) >= 11 is 7.76. The average Bonchev–Trinajstić information content (AvgIpc) is 2.88. The van der Waals surface area contributed by atoms with Crippen molar-refractivity contribution in [1.82, 2.24) is 4.90 Å². The number of benzene rings is 2. The van der Waals surface area contributed by atoms with Gasteiger partial charge in [0.05, 0.1) is 12.3 Å². The number of allylic oxidation sites excluding steroid dienone is 3. The van der Waals surface area contributed by atoms with Gasteiger partial charge in [-0.15, -0.1) is 11.8 Å². The van der Waals surface area contributed by atoms with Gasteiger partial charge in [0, 0.05) is 27.2 Å². The summed E-state index contributed by atoms with van der Waals surface area (Å²) in [4.78, 5) is 14.3. The lowest BCUT2D eigenvalue weighted by molar-refractivity contribution is -0.139. The van der Waals surface area contributed by atoms with E-state index in [1.54, 1.807) is 11.8 Å². The van der Waals surface area contributed by atoms with E-state index in [4.69, 9.17) is 26.2 Å². The molecule has 2 aromatic carbocycles. The number of halogens is 1. The van der Waals surface area contributed by atoms with Crippen molar-refractivity contribution in [2.75, 3.05) is 26.2 Å². The van der Waals surface area contributed by atoms with Gasteiger partial charge in [-0.05, 0) is 80.4 Å². The summed E-state index contributed by atoms with van der Waals surface area (Å²) in [5, 5.41) is 9.75. The molecule has 1 aliphatic carbocycles. The lowest BCUT2D eigenvalue weighted by Gasteiger charge is -2.24. The number of nitrogens with zero attached hydrogens (tertiary/aromatic N) is 1. The molecule has 0 amide bonds. The van der Waals surface area contributed by atoms with E-state index < -0.39 is 5.97 Å². The Morgan fingerprint density at radius 2 is 1.92 bits per heavy atom.